The van der Waals surface area contributed by atoms with Gasteiger partial charge in [0.15, 0.2) is 0 Å². The van der Waals surface area contributed by atoms with Gasteiger partial charge in [-0.05, 0) is 43.9 Å². The van der Waals surface area contributed by atoms with Crippen molar-refractivity contribution in [1.82, 2.24) is 15.3 Å². The Bertz CT molecular complexity index is 725. The van der Waals surface area contributed by atoms with Crippen molar-refractivity contribution in [1.29, 1.82) is 0 Å². The Morgan fingerprint density at radius 3 is 2.60 bits per heavy atom. The van der Waals surface area contributed by atoms with E-state index in [0.717, 1.165) is 36.6 Å². The lowest BCUT2D eigenvalue weighted by Crippen LogP contribution is -2.28. The molecular formula is C19H24N4O2. The van der Waals surface area contributed by atoms with E-state index in [1.165, 1.54) is 12.8 Å². The van der Waals surface area contributed by atoms with Gasteiger partial charge in [-0.1, -0.05) is 12.1 Å². The fourth-order valence-corrected chi connectivity index (χ4v) is 2.98. The molecule has 1 aliphatic heterocycles. The Balaban J connectivity index is 1.58. The van der Waals surface area contributed by atoms with Crippen LogP contribution in [-0.4, -0.2) is 42.6 Å². The first-order valence-corrected chi connectivity index (χ1v) is 8.67. The van der Waals surface area contributed by atoms with E-state index in [-0.39, 0.29) is 5.91 Å². The zero-order valence-corrected chi connectivity index (χ0v) is 14.8. The van der Waals surface area contributed by atoms with Gasteiger partial charge in [0.25, 0.3) is 5.91 Å². The highest BCUT2D eigenvalue weighted by molar-refractivity contribution is 5.93. The third kappa shape index (κ3) is 4.47. The summed E-state index contributed by atoms with van der Waals surface area (Å²) in [6.07, 6.45) is 3.11. The molecule has 2 heterocycles. The van der Waals surface area contributed by atoms with Gasteiger partial charge in [0.05, 0.1) is 7.11 Å². The van der Waals surface area contributed by atoms with Crippen LogP contribution < -0.4 is 15.0 Å². The number of carbonyl (C=O) groups is 1. The van der Waals surface area contributed by atoms with Gasteiger partial charge in [-0.3, -0.25) is 4.79 Å². The number of aryl methyl sites for hydroxylation is 1. The zero-order chi connectivity index (χ0) is 17.6. The normalized spacial score (nSPS) is 13.8. The predicted octanol–water partition coefficient (Wildman–Crippen LogP) is 2.37. The second-order valence-electron chi connectivity index (χ2n) is 6.21. The first-order chi connectivity index (χ1) is 12.2. The Labute approximate surface area is 148 Å². The minimum Gasteiger partial charge on any atom is -0.497 e. The van der Waals surface area contributed by atoms with E-state index < -0.39 is 0 Å². The summed E-state index contributed by atoms with van der Waals surface area (Å²) in [5.41, 5.74) is 1.59. The number of amides is 1. The summed E-state index contributed by atoms with van der Waals surface area (Å²) in [5, 5.41) is 2.94. The number of ether oxygens (including phenoxy) is 1. The highest BCUT2D eigenvalue weighted by Crippen LogP contribution is 2.18. The molecule has 1 saturated heterocycles. The average molecular weight is 340 g/mol. The second-order valence-corrected chi connectivity index (χ2v) is 6.21. The molecule has 0 saturated carbocycles. The minimum atomic E-state index is -0.153. The lowest BCUT2D eigenvalue weighted by atomic mass is 10.1. The van der Waals surface area contributed by atoms with E-state index in [9.17, 15) is 4.79 Å². The van der Waals surface area contributed by atoms with E-state index in [1.54, 1.807) is 13.2 Å². The maximum atomic E-state index is 12.4. The predicted molar refractivity (Wildman–Crippen MR) is 97.2 cm³/mol. The van der Waals surface area contributed by atoms with Gasteiger partial charge >= 0.3 is 0 Å². The summed E-state index contributed by atoms with van der Waals surface area (Å²) >= 11 is 0. The molecule has 0 aliphatic carbocycles. The highest BCUT2D eigenvalue weighted by Gasteiger charge is 2.17. The number of nitrogens with one attached hydrogen (secondary N) is 1. The topological polar surface area (TPSA) is 67.3 Å². The van der Waals surface area contributed by atoms with Crippen molar-refractivity contribution in [3.8, 4) is 5.75 Å². The number of anilines is 1. The molecule has 25 heavy (non-hydrogen) atoms. The fraction of sp³-hybridized carbons (Fsp3) is 0.421. The van der Waals surface area contributed by atoms with Gasteiger partial charge < -0.3 is 15.0 Å². The van der Waals surface area contributed by atoms with E-state index in [0.29, 0.717) is 18.1 Å². The maximum Gasteiger partial charge on any atom is 0.270 e. The summed E-state index contributed by atoms with van der Waals surface area (Å²) in [6, 6.07) is 9.65. The summed E-state index contributed by atoms with van der Waals surface area (Å²) in [5.74, 6) is 2.16. The van der Waals surface area contributed by atoms with Crippen LogP contribution in [0, 0.1) is 6.92 Å². The van der Waals surface area contributed by atoms with Crippen molar-refractivity contribution < 1.29 is 9.53 Å². The zero-order valence-electron chi connectivity index (χ0n) is 14.8. The van der Waals surface area contributed by atoms with Crippen LogP contribution in [0.3, 0.4) is 0 Å². The van der Waals surface area contributed by atoms with Gasteiger partial charge in [0, 0.05) is 25.7 Å². The molecule has 3 rings (SSSR count). The number of carbonyl (C=O) groups excluding carboxylic acids is 1. The summed E-state index contributed by atoms with van der Waals surface area (Å²) in [7, 11) is 1.65. The van der Waals surface area contributed by atoms with Crippen LogP contribution in [0.5, 0.6) is 5.75 Å². The number of benzene rings is 1. The number of nitrogens with zero attached hydrogens (tertiary/aromatic N) is 3. The lowest BCUT2D eigenvalue weighted by molar-refractivity contribution is 0.0948. The van der Waals surface area contributed by atoms with E-state index >= 15 is 0 Å². The molecular weight excluding hydrogens is 316 g/mol. The van der Waals surface area contributed by atoms with Crippen molar-refractivity contribution in [2.75, 3.05) is 31.6 Å². The SMILES string of the molecule is COc1ccc(CCNC(=O)c2cc(N3CCCC3)nc(C)n2)cc1. The molecule has 1 N–H and O–H groups in total. The largest absolute Gasteiger partial charge is 0.497 e. The number of aromatic nitrogens is 2. The smallest absolute Gasteiger partial charge is 0.270 e. The second kappa shape index (κ2) is 7.96. The van der Waals surface area contributed by atoms with Crippen molar-refractivity contribution in [2.24, 2.45) is 0 Å². The molecule has 1 amide bonds. The van der Waals surface area contributed by atoms with Crippen molar-refractivity contribution in [2.45, 2.75) is 26.2 Å². The Morgan fingerprint density at radius 1 is 1.20 bits per heavy atom. The third-order valence-corrected chi connectivity index (χ3v) is 4.35. The first kappa shape index (κ1) is 17.2. The molecule has 132 valence electrons. The van der Waals surface area contributed by atoms with Gasteiger partial charge in [-0.2, -0.15) is 0 Å². The summed E-state index contributed by atoms with van der Waals surface area (Å²) in [6.45, 7) is 4.38. The van der Waals surface area contributed by atoms with Crippen molar-refractivity contribution >= 4 is 11.7 Å². The Morgan fingerprint density at radius 2 is 1.92 bits per heavy atom. The standard InChI is InChI=1S/C19H24N4O2/c1-14-21-17(13-18(22-14)23-11-3-4-12-23)19(24)20-10-9-15-5-7-16(25-2)8-6-15/h5-8,13H,3-4,9-12H2,1-2H3,(H,20,24). The van der Waals surface area contributed by atoms with Crippen molar-refractivity contribution in [3.63, 3.8) is 0 Å². The Kier molecular flexibility index (Phi) is 5.48. The van der Waals surface area contributed by atoms with Crippen LogP contribution in [0.1, 0.15) is 34.7 Å². The molecule has 0 atom stereocenters. The van der Waals surface area contributed by atoms with Crippen LogP contribution in [0.25, 0.3) is 0 Å². The van der Waals surface area contributed by atoms with Crippen LogP contribution in [0.4, 0.5) is 5.82 Å². The van der Waals surface area contributed by atoms with E-state index in [1.807, 2.05) is 31.2 Å². The molecule has 6 nitrogen and oxygen atoms in total. The van der Waals surface area contributed by atoms with Gasteiger partial charge in [0.2, 0.25) is 0 Å². The van der Waals surface area contributed by atoms with Crippen LogP contribution in [0.2, 0.25) is 0 Å². The molecule has 2 aromatic rings. The van der Waals surface area contributed by atoms with Crippen LogP contribution in [-0.2, 0) is 6.42 Å². The molecule has 1 aromatic carbocycles. The monoisotopic (exact) mass is 340 g/mol. The number of hydrogen-bond donors (Lipinski definition) is 1. The third-order valence-electron chi connectivity index (χ3n) is 4.35. The van der Waals surface area contributed by atoms with Crippen LogP contribution in [0.15, 0.2) is 30.3 Å². The van der Waals surface area contributed by atoms with Crippen molar-refractivity contribution in [3.05, 3.63) is 47.4 Å². The maximum absolute atomic E-state index is 12.4. The van der Waals surface area contributed by atoms with E-state index in [4.69, 9.17) is 4.74 Å². The number of hydrogen-bond acceptors (Lipinski definition) is 5. The minimum absolute atomic E-state index is 0.153. The van der Waals surface area contributed by atoms with E-state index in [2.05, 4.69) is 20.2 Å². The molecule has 0 radical (unpaired) electrons. The van der Waals surface area contributed by atoms with Gasteiger partial charge in [-0.15, -0.1) is 0 Å². The molecule has 6 heteroatoms. The molecule has 1 aromatic heterocycles. The quantitative estimate of drug-likeness (QED) is 0.874. The average Bonchev–Trinajstić information content (AvgIpc) is 3.16. The fourth-order valence-electron chi connectivity index (χ4n) is 2.98. The molecule has 0 spiro atoms. The number of rotatable bonds is 6. The highest BCUT2D eigenvalue weighted by atomic mass is 16.5. The molecule has 0 unspecified atom stereocenters. The summed E-state index contributed by atoms with van der Waals surface area (Å²) < 4.78 is 5.15. The molecule has 0 bridgehead atoms. The summed E-state index contributed by atoms with van der Waals surface area (Å²) in [4.78, 5) is 23.4. The number of methoxy groups -OCH3 is 1. The Hall–Kier alpha value is -2.63. The van der Waals surface area contributed by atoms with Gasteiger partial charge in [0.1, 0.15) is 23.1 Å². The first-order valence-electron chi connectivity index (χ1n) is 8.67. The van der Waals surface area contributed by atoms with Crippen LogP contribution >= 0.6 is 0 Å². The van der Waals surface area contributed by atoms with Gasteiger partial charge in [-0.25, -0.2) is 9.97 Å². The molecule has 1 aliphatic rings. The molecule has 1 fully saturated rings. The lowest BCUT2D eigenvalue weighted by Gasteiger charge is -2.17.